The van der Waals surface area contributed by atoms with Crippen molar-refractivity contribution in [1.29, 1.82) is 0 Å². The highest BCUT2D eigenvalue weighted by Crippen LogP contribution is 2.49. The molecule has 3 heterocycles. The molecule has 2 aliphatic heterocycles. The van der Waals surface area contributed by atoms with Crippen molar-refractivity contribution >= 4 is 54.0 Å². The van der Waals surface area contributed by atoms with E-state index in [1.807, 2.05) is 15.9 Å². The molecule has 0 aromatic carbocycles. The van der Waals surface area contributed by atoms with Gasteiger partial charge in [-0.25, -0.2) is 28.8 Å². The topological polar surface area (TPSA) is 222 Å². The van der Waals surface area contributed by atoms with Gasteiger partial charge in [0, 0.05) is 116 Å². The van der Waals surface area contributed by atoms with E-state index in [-0.39, 0.29) is 123 Å². The molecule has 0 radical (unpaired) electrons. The summed E-state index contributed by atoms with van der Waals surface area (Å²) in [5, 5.41) is 0. The lowest BCUT2D eigenvalue weighted by atomic mass is 9.68. The Kier molecular flexibility index (Phi) is 20.9. The van der Waals surface area contributed by atoms with Gasteiger partial charge < -0.3 is 67.6 Å². The number of ether oxygens (including phenoxy) is 6. The van der Waals surface area contributed by atoms with Crippen LogP contribution in [0.1, 0.15) is 137 Å². The predicted molar refractivity (Wildman–Crippen MR) is 337 cm³/mol. The molecular weight excluding hydrogens is 1130 g/mol. The number of nitrogens with zero attached hydrogens (tertiary/aromatic N) is 11. The Labute approximate surface area is 521 Å². The molecule has 23 nitrogen and oxygen atoms in total. The van der Waals surface area contributed by atoms with Crippen LogP contribution >= 0.6 is 0 Å². The third kappa shape index (κ3) is 19.5. The highest BCUT2D eigenvalue weighted by atomic mass is 16.6. The molecule has 2 fully saturated rings. The van der Waals surface area contributed by atoms with E-state index >= 15 is 0 Å². The lowest BCUT2D eigenvalue weighted by Crippen LogP contribution is -2.52. The summed E-state index contributed by atoms with van der Waals surface area (Å²) in [6, 6.07) is 0. The molecule has 4 aliphatic carbocycles. The number of rotatable bonds is 3. The van der Waals surface area contributed by atoms with Crippen LogP contribution in [0.15, 0.2) is 76.5 Å². The van der Waals surface area contributed by atoms with E-state index in [1.54, 1.807) is 144 Å². The van der Waals surface area contributed by atoms with Crippen molar-refractivity contribution in [3.63, 3.8) is 0 Å². The van der Waals surface area contributed by atoms with Gasteiger partial charge in [0.25, 0.3) is 0 Å². The number of amides is 6. The minimum absolute atomic E-state index is 0.0435. The smallest absolute Gasteiger partial charge is 0.410 e. The van der Waals surface area contributed by atoms with Gasteiger partial charge in [0.05, 0.1) is 0 Å². The van der Waals surface area contributed by atoms with Crippen LogP contribution in [0.25, 0.3) is 5.57 Å². The molecule has 7 rings (SSSR count). The van der Waals surface area contributed by atoms with Gasteiger partial charge in [-0.15, -0.1) is 0 Å². The van der Waals surface area contributed by atoms with Crippen LogP contribution in [-0.4, -0.2) is 219 Å². The summed E-state index contributed by atoms with van der Waals surface area (Å²) in [7, 11) is 0. The van der Waals surface area contributed by atoms with Crippen LogP contribution in [0, 0.1) is 5.92 Å². The normalized spacial score (nSPS) is 19.7. The van der Waals surface area contributed by atoms with Crippen LogP contribution < -0.4 is 9.80 Å². The number of hydrogen-bond acceptors (Lipinski definition) is 17. The summed E-state index contributed by atoms with van der Waals surface area (Å²) in [6.07, 6.45) is 14.3. The van der Waals surface area contributed by atoms with Gasteiger partial charge in [0.15, 0.2) is 5.82 Å². The number of anilines is 2. The van der Waals surface area contributed by atoms with Crippen molar-refractivity contribution < 1.29 is 57.2 Å². The third-order valence-electron chi connectivity index (χ3n) is 14.3. The Balaban J connectivity index is 1.40. The molecule has 2 saturated heterocycles. The average molecular weight is 1220 g/mol. The lowest BCUT2D eigenvalue weighted by molar-refractivity contribution is 0.00797. The van der Waals surface area contributed by atoms with Crippen molar-refractivity contribution in [2.24, 2.45) is 5.92 Å². The van der Waals surface area contributed by atoms with Crippen molar-refractivity contribution in [2.45, 2.75) is 165 Å². The van der Waals surface area contributed by atoms with Crippen LogP contribution in [0.3, 0.4) is 0 Å². The molecule has 0 N–H and O–H groups in total. The molecule has 23 heteroatoms. The Morgan fingerprint density at radius 1 is 0.375 bits per heavy atom. The Hall–Kier alpha value is -7.59. The molecular formula is C65H97N11O12. The molecule has 1 atom stereocenters. The first-order valence-electron chi connectivity index (χ1n) is 30.8. The Morgan fingerprint density at radius 2 is 0.682 bits per heavy atom. The van der Waals surface area contributed by atoms with Gasteiger partial charge in [0.1, 0.15) is 33.6 Å². The maximum Gasteiger partial charge on any atom is 0.410 e. The molecule has 1 aromatic rings. The zero-order chi connectivity index (χ0) is 64.9. The number of allylic oxidation sites excluding steroid dienone is 14. The molecule has 0 bridgehead atoms. The fraction of sp³-hybridized carbons (Fsp3) is 0.646. The van der Waals surface area contributed by atoms with Gasteiger partial charge in [-0.2, -0.15) is 15.0 Å². The number of aromatic nitrogens is 3. The number of carbonyl (C=O) groups excluding carboxylic acids is 6. The maximum atomic E-state index is 14.3. The maximum absolute atomic E-state index is 14.3. The van der Waals surface area contributed by atoms with Gasteiger partial charge in [-0.3, -0.25) is 0 Å². The van der Waals surface area contributed by atoms with Gasteiger partial charge >= 0.3 is 36.6 Å². The second-order valence-corrected chi connectivity index (χ2v) is 28.8. The number of carbonyl (C=O) groups is 6. The number of hydrogen-bond donors (Lipinski definition) is 0. The van der Waals surface area contributed by atoms with E-state index in [1.165, 1.54) is 20.9 Å². The highest BCUT2D eigenvalue weighted by Gasteiger charge is 2.38. The monoisotopic (exact) mass is 1220 g/mol. The first-order chi connectivity index (χ1) is 40.8. The lowest BCUT2D eigenvalue weighted by Gasteiger charge is -2.37. The summed E-state index contributed by atoms with van der Waals surface area (Å²) < 4.78 is 35.7. The molecule has 6 aliphatic rings. The Morgan fingerprint density at radius 3 is 0.989 bits per heavy atom. The fourth-order valence-corrected chi connectivity index (χ4v) is 10.3. The zero-order valence-corrected chi connectivity index (χ0v) is 55.5. The van der Waals surface area contributed by atoms with Crippen LogP contribution in [0.2, 0.25) is 0 Å². The average Bonchev–Trinajstić information content (AvgIpc) is 0.747. The van der Waals surface area contributed by atoms with E-state index in [0.29, 0.717) is 5.82 Å². The minimum atomic E-state index is -0.862. The molecule has 88 heavy (non-hydrogen) atoms. The molecule has 1 aromatic heterocycles. The van der Waals surface area contributed by atoms with Gasteiger partial charge in [-0.1, -0.05) is 48.6 Å². The van der Waals surface area contributed by atoms with E-state index < -0.39 is 70.2 Å². The molecule has 0 saturated carbocycles. The largest absolute Gasteiger partial charge is 0.444 e. The highest BCUT2D eigenvalue weighted by molar-refractivity contribution is 5.84. The first kappa shape index (κ1) is 67.9. The predicted octanol–water partition coefficient (Wildman–Crippen LogP) is 10.6. The van der Waals surface area contributed by atoms with Crippen LogP contribution in [0.4, 0.5) is 40.7 Å². The standard InChI is InChI=1S/C65H97N11O12/c1-60(2,3)83-54(77)71-32-28-69(29-33-72(55(78)84-61(4,5)6)37-41-75(40-36-71)58(81)87-64(13,14)15)52-66-51(48-27-25-46-23-22-44-20-19-21-45-24-26-47(48)50(46)49(44)45)67-53(68-52)70-30-34-73(56(79)85-62(7,8)9)38-42-76(59(82)88-65(16,17)18)43-39-74(35-31-70)57(80)86-63(10,11)12/h19,21-27,50H,20,28-43H2,1-18H3. The third-order valence-corrected chi connectivity index (χ3v) is 14.3. The van der Waals surface area contributed by atoms with E-state index in [4.69, 9.17) is 43.4 Å². The minimum Gasteiger partial charge on any atom is -0.444 e. The van der Waals surface area contributed by atoms with Crippen molar-refractivity contribution in [3.8, 4) is 0 Å². The van der Waals surface area contributed by atoms with Crippen LogP contribution in [-0.2, 0) is 28.4 Å². The zero-order valence-electron chi connectivity index (χ0n) is 55.5. The van der Waals surface area contributed by atoms with E-state index in [2.05, 4.69) is 42.5 Å². The summed E-state index contributed by atoms with van der Waals surface area (Å²) in [5.74, 6) is 0.646. The van der Waals surface area contributed by atoms with Crippen molar-refractivity contribution in [3.05, 3.63) is 82.3 Å². The second-order valence-electron chi connectivity index (χ2n) is 28.8. The second kappa shape index (κ2) is 27.0. The first-order valence-corrected chi connectivity index (χ1v) is 30.8. The molecule has 484 valence electrons. The SMILES string of the molecule is CC(C)(C)OC(=O)N1CCN(C(=O)OC(C)(C)C)CCN(c2nc(C3=C4C=CC5=C6C(=CC=C(C=C3)C46)CC=C5)nc(N3CCN(C(=O)OC(C)(C)C)CCN(C(=O)OC(C)(C)C)CCN(C(=O)OC(C)(C)C)CC3)n2)CCN(C(=O)OC(C)(C)C)CC1. The fourth-order valence-electron chi connectivity index (χ4n) is 10.3. The van der Waals surface area contributed by atoms with Crippen LogP contribution in [0.5, 0.6) is 0 Å². The molecule has 0 spiro atoms. The molecule has 6 amide bonds. The summed E-state index contributed by atoms with van der Waals surface area (Å²) in [5.41, 5.74) is 1.35. The van der Waals surface area contributed by atoms with Crippen molar-refractivity contribution in [2.75, 3.05) is 115 Å². The summed E-state index contributed by atoms with van der Waals surface area (Å²) >= 11 is 0. The van der Waals surface area contributed by atoms with E-state index in [9.17, 15) is 28.8 Å². The Bertz CT molecular complexity index is 2780. The van der Waals surface area contributed by atoms with Gasteiger partial charge in [-0.05, 0) is 159 Å². The summed E-state index contributed by atoms with van der Waals surface area (Å²) in [4.78, 5) is 114. The quantitative estimate of drug-likeness (QED) is 0.257. The van der Waals surface area contributed by atoms with E-state index in [0.717, 1.165) is 28.7 Å². The van der Waals surface area contributed by atoms with Gasteiger partial charge in [0.2, 0.25) is 11.9 Å². The summed E-state index contributed by atoms with van der Waals surface area (Å²) in [6.45, 7) is 33.2. The molecule has 1 unspecified atom stereocenters. The van der Waals surface area contributed by atoms with Crippen molar-refractivity contribution in [1.82, 2.24) is 44.4 Å².